The van der Waals surface area contributed by atoms with Crippen molar-refractivity contribution in [1.82, 2.24) is 4.90 Å². The molecule has 1 fully saturated rings. The maximum Gasteiger partial charge on any atom is 0.242 e. The van der Waals surface area contributed by atoms with E-state index in [4.69, 9.17) is 0 Å². The molecule has 0 radical (unpaired) electrons. The van der Waals surface area contributed by atoms with Crippen LogP contribution < -0.4 is 10.6 Å². The van der Waals surface area contributed by atoms with Gasteiger partial charge in [-0.3, -0.25) is 9.59 Å². The molecule has 1 aromatic rings. The molecule has 2 rings (SSSR count). The molecule has 0 aromatic heterocycles. The Bertz CT molecular complexity index is 562. The van der Waals surface area contributed by atoms with Crippen molar-refractivity contribution in [2.75, 3.05) is 23.7 Å². The summed E-state index contributed by atoms with van der Waals surface area (Å²) in [6.07, 6.45) is 3.17. The van der Waals surface area contributed by atoms with Crippen molar-refractivity contribution < 1.29 is 14.0 Å². The van der Waals surface area contributed by atoms with Crippen molar-refractivity contribution in [3.63, 3.8) is 0 Å². The van der Waals surface area contributed by atoms with Gasteiger partial charge in [0.1, 0.15) is 5.82 Å². The molecule has 5 nitrogen and oxygen atoms in total. The molecule has 2 N–H and O–H groups in total. The zero-order chi connectivity index (χ0) is 16.1. The number of nitrogens with one attached hydrogen (secondary N) is 2. The van der Waals surface area contributed by atoms with Crippen LogP contribution in [0, 0.1) is 5.82 Å². The van der Waals surface area contributed by atoms with Crippen molar-refractivity contribution in [2.45, 2.75) is 39.2 Å². The summed E-state index contributed by atoms with van der Waals surface area (Å²) in [5, 5.41) is 5.42. The molecule has 6 heteroatoms. The van der Waals surface area contributed by atoms with Gasteiger partial charge in [0.05, 0.1) is 12.2 Å². The third kappa shape index (κ3) is 4.19. The van der Waals surface area contributed by atoms with Crippen LogP contribution in [0.15, 0.2) is 18.2 Å². The van der Waals surface area contributed by atoms with Crippen molar-refractivity contribution in [3.8, 4) is 0 Å². The highest BCUT2D eigenvalue weighted by Crippen LogP contribution is 2.20. The van der Waals surface area contributed by atoms with E-state index in [1.54, 1.807) is 0 Å². The number of likely N-dealkylation sites (tertiary alicyclic amines) is 1. The van der Waals surface area contributed by atoms with Gasteiger partial charge in [0.15, 0.2) is 0 Å². The fourth-order valence-electron chi connectivity index (χ4n) is 2.68. The number of piperidine rings is 1. The highest BCUT2D eigenvalue weighted by atomic mass is 19.1. The Morgan fingerprint density at radius 2 is 2.14 bits per heavy atom. The van der Waals surface area contributed by atoms with Crippen molar-refractivity contribution in [2.24, 2.45) is 0 Å². The molecule has 0 bridgehead atoms. The highest BCUT2D eigenvalue weighted by molar-refractivity contribution is 5.89. The Morgan fingerprint density at radius 1 is 1.36 bits per heavy atom. The van der Waals surface area contributed by atoms with Gasteiger partial charge in [-0.05, 0) is 44.4 Å². The number of anilines is 2. The second kappa shape index (κ2) is 7.24. The maximum atomic E-state index is 13.8. The molecular weight excluding hydrogens is 285 g/mol. The second-order valence-corrected chi connectivity index (χ2v) is 5.66. The number of halogens is 1. The van der Waals surface area contributed by atoms with Crippen molar-refractivity contribution >= 4 is 23.2 Å². The number of benzene rings is 1. The molecular formula is C16H22FN3O2. The lowest BCUT2D eigenvalue weighted by molar-refractivity contribution is -0.132. The number of hydrogen-bond acceptors (Lipinski definition) is 3. The number of hydrogen-bond donors (Lipinski definition) is 2. The molecule has 22 heavy (non-hydrogen) atoms. The fraction of sp³-hybridized carbons (Fsp3) is 0.500. The van der Waals surface area contributed by atoms with Crippen LogP contribution in [0.25, 0.3) is 0 Å². The van der Waals surface area contributed by atoms with Gasteiger partial charge in [-0.25, -0.2) is 4.39 Å². The summed E-state index contributed by atoms with van der Waals surface area (Å²) < 4.78 is 13.8. The van der Waals surface area contributed by atoms with E-state index in [9.17, 15) is 14.0 Å². The largest absolute Gasteiger partial charge is 0.374 e. The standard InChI is InChI=1S/C16H22FN3O2/c1-11-5-3-4-8-20(11)16(22)10-18-15-9-13(19-12(2)21)6-7-14(15)17/h6-7,9,11,18H,3-5,8,10H2,1-2H3,(H,19,21). The van der Waals surface area contributed by atoms with Crippen LogP contribution in [0.4, 0.5) is 15.8 Å². The molecule has 2 amide bonds. The predicted molar refractivity (Wildman–Crippen MR) is 84.2 cm³/mol. The third-order valence-electron chi connectivity index (χ3n) is 3.84. The van der Waals surface area contributed by atoms with Gasteiger partial charge in [-0.15, -0.1) is 0 Å². The Hall–Kier alpha value is -2.11. The minimum absolute atomic E-state index is 0.0310. The number of carbonyl (C=O) groups is 2. The Balaban J connectivity index is 1.98. The van der Waals surface area contributed by atoms with Gasteiger partial charge >= 0.3 is 0 Å². The van der Waals surface area contributed by atoms with E-state index in [1.165, 1.54) is 25.1 Å². The first kappa shape index (κ1) is 16.3. The van der Waals surface area contributed by atoms with E-state index < -0.39 is 5.82 Å². The van der Waals surface area contributed by atoms with E-state index in [1.807, 2.05) is 11.8 Å². The monoisotopic (exact) mass is 307 g/mol. The molecule has 1 saturated heterocycles. The Kier molecular flexibility index (Phi) is 5.35. The predicted octanol–water partition coefficient (Wildman–Crippen LogP) is 2.60. The van der Waals surface area contributed by atoms with E-state index in [-0.39, 0.29) is 30.1 Å². The molecule has 0 saturated carbocycles. The van der Waals surface area contributed by atoms with Crippen molar-refractivity contribution in [3.05, 3.63) is 24.0 Å². The molecule has 1 aromatic carbocycles. The molecule has 1 aliphatic rings. The van der Waals surface area contributed by atoms with E-state index in [2.05, 4.69) is 10.6 Å². The molecule has 1 heterocycles. The van der Waals surface area contributed by atoms with Gasteiger partial charge in [0.2, 0.25) is 11.8 Å². The van der Waals surface area contributed by atoms with Crippen LogP contribution in [0.5, 0.6) is 0 Å². The topological polar surface area (TPSA) is 61.4 Å². The first-order valence-electron chi connectivity index (χ1n) is 7.58. The van der Waals surface area contributed by atoms with Crippen molar-refractivity contribution in [1.29, 1.82) is 0 Å². The summed E-state index contributed by atoms with van der Waals surface area (Å²) in [4.78, 5) is 25.1. The quantitative estimate of drug-likeness (QED) is 0.899. The summed E-state index contributed by atoms with van der Waals surface area (Å²) in [6, 6.07) is 4.47. The molecule has 1 atom stereocenters. The molecule has 1 unspecified atom stereocenters. The second-order valence-electron chi connectivity index (χ2n) is 5.66. The lowest BCUT2D eigenvalue weighted by atomic mass is 10.0. The lowest BCUT2D eigenvalue weighted by Crippen LogP contribution is -2.44. The van der Waals surface area contributed by atoms with Crippen LogP contribution in [0.2, 0.25) is 0 Å². The summed E-state index contributed by atoms with van der Waals surface area (Å²) in [6.45, 7) is 4.23. The van der Waals surface area contributed by atoms with Crippen LogP contribution in [0.1, 0.15) is 33.1 Å². The minimum atomic E-state index is -0.450. The number of carbonyl (C=O) groups excluding carboxylic acids is 2. The van der Waals surface area contributed by atoms with Gasteiger partial charge < -0.3 is 15.5 Å². The highest BCUT2D eigenvalue weighted by Gasteiger charge is 2.22. The Labute approximate surface area is 129 Å². The summed E-state index contributed by atoms with van der Waals surface area (Å²) in [7, 11) is 0. The first-order chi connectivity index (χ1) is 10.5. The van der Waals surface area contributed by atoms with Gasteiger partial charge in [0, 0.05) is 25.2 Å². The smallest absolute Gasteiger partial charge is 0.242 e. The summed E-state index contributed by atoms with van der Waals surface area (Å²) in [5.74, 6) is -0.707. The van der Waals surface area contributed by atoms with E-state index >= 15 is 0 Å². The summed E-state index contributed by atoms with van der Waals surface area (Å²) >= 11 is 0. The van der Waals surface area contributed by atoms with Crippen LogP contribution >= 0.6 is 0 Å². The maximum absolute atomic E-state index is 13.8. The van der Waals surface area contributed by atoms with Crippen LogP contribution in [0.3, 0.4) is 0 Å². The zero-order valence-electron chi connectivity index (χ0n) is 13.0. The zero-order valence-corrected chi connectivity index (χ0v) is 13.0. The first-order valence-corrected chi connectivity index (χ1v) is 7.58. The normalized spacial score (nSPS) is 18.0. The number of rotatable bonds is 4. The van der Waals surface area contributed by atoms with Gasteiger partial charge in [-0.2, -0.15) is 0 Å². The number of amides is 2. The molecule has 0 aliphatic carbocycles. The van der Waals surface area contributed by atoms with Gasteiger partial charge in [0.25, 0.3) is 0 Å². The Morgan fingerprint density at radius 3 is 2.82 bits per heavy atom. The average molecular weight is 307 g/mol. The molecule has 1 aliphatic heterocycles. The lowest BCUT2D eigenvalue weighted by Gasteiger charge is -2.33. The molecule has 0 spiro atoms. The molecule has 120 valence electrons. The SMILES string of the molecule is CC(=O)Nc1ccc(F)c(NCC(=O)N2CCCCC2C)c1. The number of nitrogens with zero attached hydrogens (tertiary/aromatic N) is 1. The van der Waals surface area contributed by atoms with Crippen LogP contribution in [-0.4, -0.2) is 35.8 Å². The van der Waals surface area contributed by atoms with Gasteiger partial charge in [-0.1, -0.05) is 0 Å². The van der Waals surface area contributed by atoms with Crippen LogP contribution in [-0.2, 0) is 9.59 Å². The third-order valence-corrected chi connectivity index (χ3v) is 3.84. The fourth-order valence-corrected chi connectivity index (χ4v) is 2.68. The summed E-state index contributed by atoms with van der Waals surface area (Å²) in [5.41, 5.74) is 0.708. The van der Waals surface area contributed by atoms with E-state index in [0.29, 0.717) is 5.69 Å². The average Bonchev–Trinajstić information content (AvgIpc) is 2.47. The van der Waals surface area contributed by atoms with E-state index in [0.717, 1.165) is 25.8 Å². The minimum Gasteiger partial charge on any atom is -0.374 e.